The molecule has 3 rings (SSSR count). The zero-order chi connectivity index (χ0) is 15.7. The molecule has 0 aliphatic rings. The summed E-state index contributed by atoms with van der Waals surface area (Å²) >= 11 is 0. The molecule has 1 aromatic carbocycles. The summed E-state index contributed by atoms with van der Waals surface area (Å²) in [5.74, 6) is 1.08. The van der Waals surface area contributed by atoms with E-state index in [0.29, 0.717) is 11.8 Å². The van der Waals surface area contributed by atoms with Crippen molar-refractivity contribution in [1.29, 1.82) is 0 Å². The van der Waals surface area contributed by atoms with Crippen LogP contribution in [-0.4, -0.2) is 9.97 Å². The number of hydrogen-bond acceptors (Lipinski definition) is 2. The SMILES string of the molecule is CCC(C)c1ccnc2c1ccc1c(C(C)CC)ccnc12.[Ru]. The first kappa shape index (κ1) is 18.0. The first-order valence-corrected chi connectivity index (χ1v) is 8.33. The summed E-state index contributed by atoms with van der Waals surface area (Å²) in [7, 11) is 0. The zero-order valence-electron chi connectivity index (χ0n) is 14.3. The van der Waals surface area contributed by atoms with Gasteiger partial charge in [-0.1, -0.05) is 39.8 Å². The molecule has 3 aromatic rings. The number of aromatic nitrogens is 2. The Morgan fingerprint density at radius 3 is 1.48 bits per heavy atom. The van der Waals surface area contributed by atoms with E-state index in [1.54, 1.807) is 0 Å². The fourth-order valence-corrected chi connectivity index (χ4v) is 3.17. The van der Waals surface area contributed by atoms with E-state index in [0.717, 1.165) is 23.9 Å². The molecule has 23 heavy (non-hydrogen) atoms. The first-order valence-electron chi connectivity index (χ1n) is 8.33. The molecule has 2 nitrogen and oxygen atoms in total. The molecule has 122 valence electrons. The van der Waals surface area contributed by atoms with E-state index in [1.807, 2.05) is 12.4 Å². The molecular weight excluding hydrogens is 369 g/mol. The Morgan fingerprint density at radius 2 is 1.13 bits per heavy atom. The molecular formula is C20H24N2Ru. The molecule has 0 bridgehead atoms. The van der Waals surface area contributed by atoms with Crippen LogP contribution in [0.4, 0.5) is 0 Å². The van der Waals surface area contributed by atoms with Crippen LogP contribution in [-0.2, 0) is 19.5 Å². The number of rotatable bonds is 4. The van der Waals surface area contributed by atoms with Gasteiger partial charge in [0.1, 0.15) is 0 Å². The maximum atomic E-state index is 4.65. The van der Waals surface area contributed by atoms with Crippen molar-refractivity contribution in [2.24, 2.45) is 0 Å². The fraction of sp³-hybridized carbons (Fsp3) is 0.400. The van der Waals surface area contributed by atoms with Crippen molar-refractivity contribution in [1.82, 2.24) is 9.97 Å². The molecule has 0 N–H and O–H groups in total. The minimum Gasteiger partial charge on any atom is -0.254 e. The topological polar surface area (TPSA) is 25.8 Å². The van der Waals surface area contributed by atoms with Gasteiger partial charge in [0.05, 0.1) is 11.0 Å². The van der Waals surface area contributed by atoms with Crippen LogP contribution in [0, 0.1) is 0 Å². The van der Waals surface area contributed by atoms with Gasteiger partial charge < -0.3 is 0 Å². The van der Waals surface area contributed by atoms with Crippen LogP contribution in [0.1, 0.15) is 63.5 Å². The number of nitrogens with zero attached hydrogens (tertiary/aromatic N) is 2. The van der Waals surface area contributed by atoms with Gasteiger partial charge in [0, 0.05) is 42.6 Å². The van der Waals surface area contributed by atoms with Crippen LogP contribution in [0.3, 0.4) is 0 Å². The number of hydrogen-bond donors (Lipinski definition) is 0. The molecule has 2 aromatic heterocycles. The molecule has 0 radical (unpaired) electrons. The average molecular weight is 393 g/mol. The molecule has 0 amide bonds. The van der Waals surface area contributed by atoms with E-state index in [4.69, 9.17) is 0 Å². The predicted octanol–water partition coefficient (Wildman–Crippen LogP) is 5.81. The van der Waals surface area contributed by atoms with E-state index in [-0.39, 0.29) is 19.5 Å². The van der Waals surface area contributed by atoms with E-state index in [9.17, 15) is 0 Å². The molecule has 2 atom stereocenters. The minimum atomic E-state index is 0. The van der Waals surface area contributed by atoms with Crippen molar-refractivity contribution in [3.63, 3.8) is 0 Å². The largest absolute Gasteiger partial charge is 0.254 e. The standard InChI is InChI=1S/C20H24N2.Ru/c1-5-13(3)15-9-11-21-19-17(15)7-8-18-16(14(4)6-2)10-12-22-20(18)19;/h7-14H,5-6H2,1-4H3;. The van der Waals surface area contributed by atoms with Crippen molar-refractivity contribution in [3.05, 3.63) is 47.8 Å². The van der Waals surface area contributed by atoms with Gasteiger partial charge in [-0.15, -0.1) is 0 Å². The number of fused-ring (bicyclic) bond motifs is 3. The van der Waals surface area contributed by atoms with Crippen molar-refractivity contribution in [2.75, 3.05) is 0 Å². The Hall–Kier alpha value is -1.34. The first-order chi connectivity index (χ1) is 10.7. The third-order valence-electron chi connectivity index (χ3n) is 4.98. The molecule has 2 heterocycles. The van der Waals surface area contributed by atoms with E-state index in [1.165, 1.54) is 21.9 Å². The summed E-state index contributed by atoms with van der Waals surface area (Å²) in [5, 5.41) is 2.50. The van der Waals surface area contributed by atoms with Crippen LogP contribution in [0.25, 0.3) is 21.8 Å². The summed E-state index contributed by atoms with van der Waals surface area (Å²) in [6, 6.07) is 8.78. The molecule has 0 fully saturated rings. The Kier molecular flexibility index (Phi) is 5.86. The quantitative estimate of drug-likeness (QED) is 0.413. The Morgan fingerprint density at radius 1 is 0.739 bits per heavy atom. The minimum absolute atomic E-state index is 0. The molecule has 3 heteroatoms. The molecule has 2 unspecified atom stereocenters. The van der Waals surface area contributed by atoms with Crippen LogP contribution in [0.15, 0.2) is 36.7 Å². The van der Waals surface area contributed by atoms with E-state index in [2.05, 4.69) is 61.9 Å². The van der Waals surface area contributed by atoms with Crippen LogP contribution in [0.2, 0.25) is 0 Å². The molecule has 0 spiro atoms. The van der Waals surface area contributed by atoms with E-state index < -0.39 is 0 Å². The second kappa shape index (κ2) is 7.49. The normalized spacial score (nSPS) is 13.7. The third-order valence-corrected chi connectivity index (χ3v) is 4.98. The van der Waals surface area contributed by atoms with Crippen LogP contribution >= 0.6 is 0 Å². The summed E-state index contributed by atoms with van der Waals surface area (Å²) in [4.78, 5) is 9.30. The van der Waals surface area contributed by atoms with Gasteiger partial charge in [0.15, 0.2) is 0 Å². The summed E-state index contributed by atoms with van der Waals surface area (Å²) in [5.41, 5.74) is 4.84. The summed E-state index contributed by atoms with van der Waals surface area (Å²) in [6.07, 6.45) is 6.14. The van der Waals surface area contributed by atoms with Gasteiger partial charge in [-0.3, -0.25) is 9.97 Å². The maximum Gasteiger partial charge on any atom is 0.0967 e. The number of pyridine rings is 2. The molecule has 0 aliphatic heterocycles. The fourth-order valence-electron chi connectivity index (χ4n) is 3.17. The van der Waals surface area contributed by atoms with Gasteiger partial charge in [-0.25, -0.2) is 0 Å². The zero-order valence-corrected chi connectivity index (χ0v) is 16.0. The summed E-state index contributed by atoms with van der Waals surface area (Å²) in [6.45, 7) is 9.03. The van der Waals surface area contributed by atoms with Gasteiger partial charge >= 0.3 is 0 Å². The van der Waals surface area contributed by atoms with Crippen molar-refractivity contribution < 1.29 is 19.5 Å². The Labute approximate surface area is 151 Å². The van der Waals surface area contributed by atoms with E-state index >= 15 is 0 Å². The number of benzene rings is 1. The second-order valence-corrected chi connectivity index (χ2v) is 6.28. The Bertz CT molecular complexity index is 744. The average Bonchev–Trinajstić information content (AvgIpc) is 2.59. The predicted molar refractivity (Wildman–Crippen MR) is 94.5 cm³/mol. The third kappa shape index (κ3) is 3.17. The molecule has 0 saturated carbocycles. The molecule has 0 aliphatic carbocycles. The smallest absolute Gasteiger partial charge is 0.0967 e. The van der Waals surface area contributed by atoms with Gasteiger partial charge in [0.2, 0.25) is 0 Å². The second-order valence-electron chi connectivity index (χ2n) is 6.28. The van der Waals surface area contributed by atoms with Crippen molar-refractivity contribution in [2.45, 2.75) is 52.4 Å². The Balaban J connectivity index is 0.00000192. The van der Waals surface area contributed by atoms with Crippen LogP contribution in [0.5, 0.6) is 0 Å². The molecule has 0 saturated heterocycles. The van der Waals surface area contributed by atoms with Gasteiger partial charge in [-0.2, -0.15) is 0 Å². The van der Waals surface area contributed by atoms with Gasteiger partial charge in [-0.05, 0) is 47.9 Å². The summed E-state index contributed by atoms with van der Waals surface area (Å²) < 4.78 is 0. The monoisotopic (exact) mass is 394 g/mol. The van der Waals surface area contributed by atoms with Gasteiger partial charge in [0.25, 0.3) is 0 Å². The van der Waals surface area contributed by atoms with Crippen LogP contribution < -0.4 is 0 Å². The maximum absolute atomic E-state index is 4.65. The van der Waals surface area contributed by atoms with Crippen molar-refractivity contribution >= 4 is 21.8 Å². The van der Waals surface area contributed by atoms with Crippen molar-refractivity contribution in [3.8, 4) is 0 Å².